The number of carbonyl (C=O) groups is 2. The third-order valence-electron chi connectivity index (χ3n) is 3.57. The van der Waals surface area contributed by atoms with E-state index in [1.54, 1.807) is 6.92 Å². The third-order valence-corrected chi connectivity index (χ3v) is 3.57. The maximum atomic E-state index is 11.3. The van der Waals surface area contributed by atoms with Gasteiger partial charge in [-0.05, 0) is 31.6 Å². The molecule has 1 saturated carbocycles. The Labute approximate surface area is 106 Å². The van der Waals surface area contributed by atoms with Gasteiger partial charge in [-0.2, -0.15) is 0 Å². The summed E-state index contributed by atoms with van der Waals surface area (Å²) < 4.78 is 0. The number of nitrogens with two attached hydrogens (primary N) is 2. The largest absolute Gasteiger partial charge is 0.369 e. The zero-order valence-electron chi connectivity index (χ0n) is 10.4. The molecule has 0 aromatic rings. The van der Waals surface area contributed by atoms with E-state index in [1.807, 2.05) is 6.08 Å². The number of allylic oxidation sites excluding steroid dienone is 1. The lowest BCUT2D eigenvalue weighted by Gasteiger charge is -2.24. The monoisotopic (exact) mass is 256 g/mol. The van der Waals surface area contributed by atoms with Crippen molar-refractivity contribution in [3.63, 3.8) is 0 Å². The highest BCUT2D eigenvalue weighted by Gasteiger charge is 2.52. The smallest absolute Gasteiger partial charge is 0.245 e. The average molecular weight is 256 g/mol. The van der Waals surface area contributed by atoms with Crippen molar-refractivity contribution in [2.24, 2.45) is 22.8 Å². The second-order valence-electron chi connectivity index (χ2n) is 4.78. The van der Waals surface area contributed by atoms with Gasteiger partial charge in [-0.25, -0.2) is 0 Å². The number of hydrogen-bond acceptors (Lipinski definition) is 4. The van der Waals surface area contributed by atoms with Crippen molar-refractivity contribution in [2.75, 3.05) is 0 Å². The Kier molecular flexibility index (Phi) is 4.48. The van der Waals surface area contributed by atoms with Gasteiger partial charge in [0, 0.05) is 5.57 Å². The van der Waals surface area contributed by atoms with Gasteiger partial charge >= 0.3 is 0 Å². The van der Waals surface area contributed by atoms with Crippen LogP contribution in [0.1, 0.15) is 32.6 Å². The highest BCUT2D eigenvalue weighted by Crippen LogP contribution is 2.53. The highest BCUT2D eigenvalue weighted by molar-refractivity contribution is 6.02. The normalized spacial score (nSPS) is 28.7. The SMILES string of the molecule is CCC(O)O.NC(=O)C1=CC2CCC1(C(N)=O)C2. The molecule has 0 aliphatic heterocycles. The number of hydrogen-bond donors (Lipinski definition) is 4. The summed E-state index contributed by atoms with van der Waals surface area (Å²) in [6, 6.07) is 0. The predicted molar refractivity (Wildman–Crippen MR) is 64.8 cm³/mol. The van der Waals surface area contributed by atoms with Gasteiger partial charge in [0.05, 0.1) is 5.41 Å². The van der Waals surface area contributed by atoms with E-state index in [2.05, 4.69) is 0 Å². The zero-order chi connectivity index (χ0) is 13.9. The van der Waals surface area contributed by atoms with Crippen LogP contribution in [0, 0.1) is 11.3 Å². The number of carbonyl (C=O) groups excluding carboxylic acids is 2. The molecule has 0 saturated heterocycles. The Morgan fingerprint density at radius 1 is 1.50 bits per heavy atom. The molecule has 2 unspecified atom stereocenters. The molecule has 0 aromatic heterocycles. The van der Waals surface area contributed by atoms with Crippen LogP contribution in [0.15, 0.2) is 11.6 Å². The second-order valence-corrected chi connectivity index (χ2v) is 4.78. The summed E-state index contributed by atoms with van der Waals surface area (Å²) in [6.07, 6.45) is 3.42. The molecule has 2 aliphatic carbocycles. The molecule has 6 heteroatoms. The minimum absolute atomic E-state index is 0.329. The van der Waals surface area contributed by atoms with Gasteiger partial charge in [-0.3, -0.25) is 9.59 Å². The molecule has 0 radical (unpaired) electrons. The first-order valence-corrected chi connectivity index (χ1v) is 6.01. The molecule has 0 spiro atoms. The van der Waals surface area contributed by atoms with Crippen LogP contribution < -0.4 is 11.5 Å². The van der Waals surface area contributed by atoms with Crippen molar-refractivity contribution in [1.82, 2.24) is 0 Å². The molecule has 1 fully saturated rings. The molecule has 18 heavy (non-hydrogen) atoms. The summed E-state index contributed by atoms with van der Waals surface area (Å²) in [5, 5.41) is 15.8. The molecule has 2 rings (SSSR count). The summed E-state index contributed by atoms with van der Waals surface area (Å²) in [7, 11) is 0. The van der Waals surface area contributed by atoms with Crippen molar-refractivity contribution in [3.8, 4) is 0 Å². The van der Waals surface area contributed by atoms with E-state index in [0.717, 1.165) is 6.42 Å². The lowest BCUT2D eigenvalue weighted by Crippen LogP contribution is -2.39. The van der Waals surface area contributed by atoms with Crippen molar-refractivity contribution in [3.05, 3.63) is 11.6 Å². The van der Waals surface area contributed by atoms with E-state index in [4.69, 9.17) is 21.7 Å². The van der Waals surface area contributed by atoms with Crippen molar-refractivity contribution >= 4 is 11.8 Å². The zero-order valence-corrected chi connectivity index (χ0v) is 10.4. The Morgan fingerprint density at radius 2 is 2.06 bits per heavy atom. The molecule has 2 amide bonds. The van der Waals surface area contributed by atoms with Gasteiger partial charge in [0.15, 0.2) is 6.29 Å². The maximum Gasteiger partial charge on any atom is 0.245 e. The summed E-state index contributed by atoms with van der Waals surface area (Å²) in [6.45, 7) is 1.70. The predicted octanol–water partition coefficient (Wildman–Crippen LogP) is -0.609. The van der Waals surface area contributed by atoms with Gasteiger partial charge in [-0.1, -0.05) is 13.0 Å². The van der Waals surface area contributed by atoms with Gasteiger partial charge in [-0.15, -0.1) is 0 Å². The Bertz CT molecular complexity index is 378. The fraction of sp³-hybridized carbons (Fsp3) is 0.667. The lowest BCUT2D eigenvalue weighted by atomic mass is 9.79. The molecule has 0 heterocycles. The molecule has 6 N–H and O–H groups in total. The first-order valence-electron chi connectivity index (χ1n) is 6.01. The van der Waals surface area contributed by atoms with Crippen molar-refractivity contribution in [1.29, 1.82) is 0 Å². The third kappa shape index (κ3) is 2.70. The van der Waals surface area contributed by atoms with Crippen LogP contribution in [0.4, 0.5) is 0 Å². The Morgan fingerprint density at radius 3 is 2.33 bits per heavy atom. The van der Waals surface area contributed by atoms with Crippen LogP contribution >= 0.6 is 0 Å². The minimum atomic E-state index is -1.12. The van der Waals surface area contributed by atoms with Crippen LogP contribution in [0.5, 0.6) is 0 Å². The second kappa shape index (κ2) is 5.49. The van der Waals surface area contributed by atoms with Crippen LogP contribution in [-0.2, 0) is 9.59 Å². The van der Waals surface area contributed by atoms with E-state index in [0.29, 0.717) is 30.8 Å². The summed E-state index contributed by atoms with van der Waals surface area (Å²) in [4.78, 5) is 22.3. The fourth-order valence-electron chi connectivity index (χ4n) is 2.54. The Balaban J connectivity index is 0.000000280. The lowest BCUT2D eigenvalue weighted by molar-refractivity contribution is -0.128. The highest BCUT2D eigenvalue weighted by atomic mass is 16.5. The number of aliphatic hydroxyl groups is 2. The molecule has 0 aromatic carbocycles. The van der Waals surface area contributed by atoms with Gasteiger partial charge in [0.1, 0.15) is 0 Å². The molecule has 102 valence electrons. The van der Waals surface area contributed by atoms with E-state index in [-0.39, 0.29) is 0 Å². The summed E-state index contributed by atoms with van der Waals surface area (Å²) in [5.41, 5.74) is 10.2. The molecule has 2 aliphatic rings. The van der Waals surface area contributed by atoms with E-state index < -0.39 is 23.5 Å². The molecule has 6 nitrogen and oxygen atoms in total. The van der Waals surface area contributed by atoms with Gasteiger partial charge in [0.25, 0.3) is 0 Å². The quantitative estimate of drug-likeness (QED) is 0.502. The Hall–Kier alpha value is -1.40. The van der Waals surface area contributed by atoms with Crippen LogP contribution in [0.25, 0.3) is 0 Å². The summed E-state index contributed by atoms with van der Waals surface area (Å²) in [5.74, 6) is -0.575. The number of rotatable bonds is 3. The van der Waals surface area contributed by atoms with Crippen LogP contribution in [0.2, 0.25) is 0 Å². The van der Waals surface area contributed by atoms with E-state index >= 15 is 0 Å². The molecule has 2 bridgehead atoms. The topological polar surface area (TPSA) is 127 Å². The van der Waals surface area contributed by atoms with E-state index in [1.165, 1.54) is 0 Å². The maximum absolute atomic E-state index is 11.3. The van der Waals surface area contributed by atoms with Gasteiger partial charge < -0.3 is 21.7 Å². The summed E-state index contributed by atoms with van der Waals surface area (Å²) >= 11 is 0. The first kappa shape index (κ1) is 14.7. The van der Waals surface area contributed by atoms with Crippen LogP contribution in [0.3, 0.4) is 0 Å². The van der Waals surface area contributed by atoms with Crippen LogP contribution in [-0.4, -0.2) is 28.3 Å². The number of fused-ring (bicyclic) bond motifs is 2. The first-order chi connectivity index (χ1) is 8.33. The van der Waals surface area contributed by atoms with E-state index in [9.17, 15) is 9.59 Å². The van der Waals surface area contributed by atoms with Crippen molar-refractivity contribution < 1.29 is 19.8 Å². The van der Waals surface area contributed by atoms with Crippen molar-refractivity contribution in [2.45, 2.75) is 38.9 Å². The number of amides is 2. The molecular formula is C12H20N2O4. The fourth-order valence-corrected chi connectivity index (χ4v) is 2.54. The average Bonchev–Trinajstić information content (AvgIpc) is 2.88. The molecular weight excluding hydrogens is 236 g/mol. The molecule has 2 atom stereocenters. The van der Waals surface area contributed by atoms with Gasteiger partial charge in [0.2, 0.25) is 11.8 Å². The number of aliphatic hydroxyl groups excluding tert-OH is 1. The minimum Gasteiger partial charge on any atom is -0.369 e. The number of primary amides is 2. The standard InChI is InChI=1S/C9H12N2O2.C3H8O2/c10-7(12)6-3-5-1-2-9(6,4-5)8(11)13;1-2-3(4)5/h3,5H,1-2,4H2,(H2,10,12)(H2,11,13);3-5H,2H2,1H3.